The van der Waals surface area contributed by atoms with E-state index in [1.807, 2.05) is 92.0 Å². The summed E-state index contributed by atoms with van der Waals surface area (Å²) >= 11 is 4.62. The Morgan fingerprint density at radius 3 is 2.39 bits per heavy atom. The standard InChI is InChI=1S/C29H20BrN5O2S/c1-18-7-9-19(10-8-18)15-24-27(36)31-29-35(32-24)28(37)25(38-29)16-21-17-34(23-5-3-2-4-6-23)33-26(21)20-11-13-22(30)14-12-20/h2-14,16-17H,15H2,1H3/b25-16-. The maximum atomic E-state index is 13.4. The van der Waals surface area contributed by atoms with E-state index < -0.39 is 5.56 Å². The summed E-state index contributed by atoms with van der Waals surface area (Å²) in [6.07, 6.45) is 3.99. The van der Waals surface area contributed by atoms with E-state index in [-0.39, 0.29) is 16.2 Å². The van der Waals surface area contributed by atoms with Gasteiger partial charge in [0.15, 0.2) is 0 Å². The lowest BCUT2D eigenvalue weighted by Crippen LogP contribution is -2.28. The van der Waals surface area contributed by atoms with E-state index >= 15 is 0 Å². The van der Waals surface area contributed by atoms with Crippen LogP contribution in [0.5, 0.6) is 0 Å². The van der Waals surface area contributed by atoms with Crippen LogP contribution in [0.3, 0.4) is 0 Å². The molecule has 3 aromatic carbocycles. The molecule has 0 aliphatic heterocycles. The number of benzene rings is 3. The van der Waals surface area contributed by atoms with Gasteiger partial charge in [-0.15, -0.1) is 0 Å². The number of rotatable bonds is 5. The van der Waals surface area contributed by atoms with Crippen molar-refractivity contribution in [3.05, 3.63) is 137 Å². The van der Waals surface area contributed by atoms with E-state index in [1.54, 1.807) is 10.8 Å². The quantitative estimate of drug-likeness (QED) is 0.298. The van der Waals surface area contributed by atoms with E-state index in [0.29, 0.717) is 11.0 Å². The molecule has 38 heavy (non-hydrogen) atoms. The SMILES string of the molecule is Cc1ccc(Cc2nn3c(=O)/c(=C/c4cn(-c5ccccc5)nc4-c4ccc(Br)cc4)sc3nc2=O)cc1. The van der Waals surface area contributed by atoms with Gasteiger partial charge in [0.2, 0.25) is 4.96 Å². The third-order valence-electron chi connectivity index (χ3n) is 6.11. The lowest BCUT2D eigenvalue weighted by Gasteiger charge is -2.01. The van der Waals surface area contributed by atoms with Gasteiger partial charge in [-0.2, -0.15) is 19.7 Å². The fraction of sp³-hybridized carbons (Fsp3) is 0.0690. The summed E-state index contributed by atoms with van der Waals surface area (Å²) in [6.45, 7) is 2.00. The number of aryl methyl sites for hydroxylation is 1. The third-order valence-corrected chi connectivity index (χ3v) is 7.60. The molecule has 0 saturated carbocycles. The molecule has 9 heteroatoms. The molecule has 0 radical (unpaired) electrons. The number of thiazole rings is 1. The van der Waals surface area contributed by atoms with Crippen molar-refractivity contribution in [2.45, 2.75) is 13.3 Å². The molecular formula is C29H20BrN5O2S. The molecular weight excluding hydrogens is 562 g/mol. The molecule has 0 bridgehead atoms. The van der Waals surface area contributed by atoms with Crippen molar-refractivity contribution in [2.75, 3.05) is 0 Å². The molecule has 186 valence electrons. The molecule has 0 unspecified atom stereocenters. The first-order chi connectivity index (χ1) is 18.4. The highest BCUT2D eigenvalue weighted by atomic mass is 79.9. The van der Waals surface area contributed by atoms with Crippen molar-refractivity contribution in [3.8, 4) is 16.9 Å². The lowest BCUT2D eigenvalue weighted by atomic mass is 10.1. The van der Waals surface area contributed by atoms with Gasteiger partial charge in [-0.1, -0.05) is 87.4 Å². The van der Waals surface area contributed by atoms with Crippen LogP contribution in [0, 0.1) is 6.92 Å². The highest BCUT2D eigenvalue weighted by Crippen LogP contribution is 2.26. The Hall–Kier alpha value is -4.21. The van der Waals surface area contributed by atoms with Crippen LogP contribution in [0.15, 0.2) is 99.1 Å². The number of hydrogen-bond donors (Lipinski definition) is 0. The Kier molecular flexibility index (Phi) is 6.30. The molecule has 3 heterocycles. The van der Waals surface area contributed by atoms with Gasteiger partial charge >= 0.3 is 0 Å². The van der Waals surface area contributed by atoms with Gasteiger partial charge in [0.05, 0.1) is 15.9 Å². The number of fused-ring (bicyclic) bond motifs is 1. The van der Waals surface area contributed by atoms with Crippen LogP contribution >= 0.6 is 27.3 Å². The van der Waals surface area contributed by atoms with E-state index in [1.165, 1.54) is 4.52 Å². The van der Waals surface area contributed by atoms with Crippen molar-refractivity contribution in [2.24, 2.45) is 0 Å². The second-order valence-corrected chi connectivity index (χ2v) is 10.8. The summed E-state index contributed by atoms with van der Waals surface area (Å²) in [4.78, 5) is 30.5. The highest BCUT2D eigenvalue weighted by Gasteiger charge is 2.15. The van der Waals surface area contributed by atoms with Crippen LogP contribution < -0.4 is 15.7 Å². The zero-order valence-electron chi connectivity index (χ0n) is 20.2. The molecule has 0 aliphatic rings. The van der Waals surface area contributed by atoms with Crippen LogP contribution in [0.1, 0.15) is 22.4 Å². The first kappa shape index (κ1) is 24.1. The van der Waals surface area contributed by atoms with E-state index in [9.17, 15) is 9.59 Å². The molecule has 0 N–H and O–H groups in total. The molecule has 6 rings (SSSR count). The largest absolute Gasteiger partial charge is 0.296 e. The number of halogens is 1. The minimum Gasteiger partial charge on any atom is -0.266 e. The molecule has 0 spiro atoms. The second-order valence-electron chi connectivity index (χ2n) is 8.86. The molecule has 6 aromatic rings. The van der Waals surface area contributed by atoms with Gasteiger partial charge in [0.25, 0.3) is 11.1 Å². The maximum Gasteiger partial charge on any atom is 0.296 e. The van der Waals surface area contributed by atoms with Crippen LogP contribution in [-0.2, 0) is 6.42 Å². The molecule has 3 aromatic heterocycles. The minimum atomic E-state index is -0.425. The fourth-order valence-corrected chi connectivity index (χ4v) is 5.29. The first-order valence-corrected chi connectivity index (χ1v) is 13.5. The van der Waals surface area contributed by atoms with Crippen molar-refractivity contribution in [1.82, 2.24) is 24.4 Å². The summed E-state index contributed by atoms with van der Waals surface area (Å²) in [5.74, 6) is 0. The zero-order chi connectivity index (χ0) is 26.2. The molecule has 0 fully saturated rings. The summed E-state index contributed by atoms with van der Waals surface area (Å²) in [6, 6.07) is 25.5. The predicted molar refractivity (Wildman–Crippen MR) is 153 cm³/mol. The van der Waals surface area contributed by atoms with E-state index in [2.05, 4.69) is 26.0 Å². The molecule has 0 aliphatic carbocycles. The number of para-hydroxylation sites is 1. The van der Waals surface area contributed by atoms with Crippen LogP contribution in [0.25, 0.3) is 28.0 Å². The van der Waals surface area contributed by atoms with Crippen molar-refractivity contribution in [3.63, 3.8) is 0 Å². The monoisotopic (exact) mass is 581 g/mol. The van der Waals surface area contributed by atoms with Gasteiger partial charge in [-0.3, -0.25) is 9.59 Å². The average molecular weight is 582 g/mol. The number of aromatic nitrogens is 5. The topological polar surface area (TPSA) is 82.2 Å². The van der Waals surface area contributed by atoms with Crippen molar-refractivity contribution < 1.29 is 0 Å². The summed E-state index contributed by atoms with van der Waals surface area (Å²) in [5.41, 5.74) is 4.86. The van der Waals surface area contributed by atoms with Crippen LogP contribution in [0.2, 0.25) is 0 Å². The van der Waals surface area contributed by atoms with Gasteiger partial charge in [0.1, 0.15) is 5.69 Å². The normalized spacial score (nSPS) is 11.9. The highest BCUT2D eigenvalue weighted by molar-refractivity contribution is 9.10. The molecule has 0 amide bonds. The van der Waals surface area contributed by atoms with Crippen LogP contribution in [0.4, 0.5) is 0 Å². The smallest absolute Gasteiger partial charge is 0.266 e. The summed E-state index contributed by atoms with van der Waals surface area (Å²) in [5, 5.41) is 9.22. The Labute approximate surface area is 229 Å². The average Bonchev–Trinajstić information content (AvgIpc) is 3.47. The predicted octanol–water partition coefficient (Wildman–Crippen LogP) is 4.57. The number of nitrogens with zero attached hydrogens (tertiary/aromatic N) is 5. The Morgan fingerprint density at radius 1 is 0.921 bits per heavy atom. The lowest BCUT2D eigenvalue weighted by molar-refractivity contribution is 0.811. The third kappa shape index (κ3) is 4.73. The minimum absolute atomic E-state index is 0.236. The summed E-state index contributed by atoms with van der Waals surface area (Å²) in [7, 11) is 0. The second kappa shape index (κ2) is 9.92. The molecule has 0 saturated heterocycles. The van der Waals surface area contributed by atoms with Gasteiger partial charge in [-0.05, 0) is 42.8 Å². The fourth-order valence-electron chi connectivity index (χ4n) is 4.13. The van der Waals surface area contributed by atoms with Crippen molar-refractivity contribution >= 4 is 38.3 Å². The maximum absolute atomic E-state index is 13.4. The summed E-state index contributed by atoms with van der Waals surface area (Å²) < 4.78 is 4.40. The molecule has 0 atom stereocenters. The van der Waals surface area contributed by atoms with Gasteiger partial charge < -0.3 is 0 Å². The van der Waals surface area contributed by atoms with Crippen LogP contribution in [-0.4, -0.2) is 24.4 Å². The zero-order valence-corrected chi connectivity index (χ0v) is 22.6. The van der Waals surface area contributed by atoms with E-state index in [4.69, 9.17) is 5.10 Å². The van der Waals surface area contributed by atoms with Crippen molar-refractivity contribution in [1.29, 1.82) is 0 Å². The number of hydrogen-bond acceptors (Lipinski definition) is 6. The first-order valence-electron chi connectivity index (χ1n) is 11.9. The Bertz CT molecular complexity index is 1940. The molecule has 7 nitrogen and oxygen atoms in total. The van der Waals surface area contributed by atoms with E-state index in [0.717, 1.165) is 49.4 Å². The van der Waals surface area contributed by atoms with Gasteiger partial charge in [0, 0.05) is 28.2 Å². The van der Waals surface area contributed by atoms with Gasteiger partial charge in [-0.25, -0.2) is 4.68 Å². The Morgan fingerprint density at radius 2 is 1.66 bits per heavy atom. The Balaban J connectivity index is 1.48.